The molecule has 2 aromatic heterocycles. The highest BCUT2D eigenvalue weighted by molar-refractivity contribution is 7.13. The predicted octanol–water partition coefficient (Wildman–Crippen LogP) is 4.15. The molecule has 0 fully saturated rings. The summed E-state index contributed by atoms with van der Waals surface area (Å²) in [7, 11) is 0. The number of non-ortho nitro benzene ring substituents is 1. The third kappa shape index (κ3) is 2.93. The van der Waals surface area contributed by atoms with E-state index in [2.05, 4.69) is 10.1 Å². The third-order valence-electron chi connectivity index (χ3n) is 3.85. The number of nitro groups is 1. The summed E-state index contributed by atoms with van der Waals surface area (Å²) in [5.74, 6) is 0.383. The maximum Gasteiger partial charge on any atom is 0.270 e. The van der Waals surface area contributed by atoms with E-state index in [0.29, 0.717) is 22.1 Å². The Morgan fingerprint density at radius 2 is 1.92 bits per heavy atom. The Balaban J connectivity index is 1.70. The lowest BCUT2D eigenvalue weighted by molar-refractivity contribution is -0.384. The molecule has 0 aliphatic carbocycles. The molecule has 2 aromatic carbocycles. The molecule has 0 radical (unpaired) electrons. The molecule has 0 aliphatic heterocycles. The maximum absolute atomic E-state index is 11.0. The van der Waals surface area contributed by atoms with Gasteiger partial charge in [0.05, 0.1) is 21.9 Å². The van der Waals surface area contributed by atoms with Gasteiger partial charge in [0.15, 0.2) is 5.82 Å². The Morgan fingerprint density at radius 3 is 2.69 bits per heavy atom. The van der Waals surface area contributed by atoms with Crippen LogP contribution < -0.4 is 5.73 Å². The Labute approximate surface area is 152 Å². The Morgan fingerprint density at radius 1 is 1.12 bits per heavy atom. The van der Waals surface area contributed by atoms with Crippen LogP contribution >= 0.6 is 11.3 Å². The highest BCUT2D eigenvalue weighted by Gasteiger charge is 2.15. The molecule has 26 heavy (non-hydrogen) atoms. The van der Waals surface area contributed by atoms with E-state index in [1.807, 2.05) is 41.9 Å². The lowest BCUT2D eigenvalue weighted by Gasteiger charge is -1.98. The standard InChI is InChI=1S/C18H13N5O2S/c19-17-15(10-22(21-17)13-6-2-1-3-7-13)18-20-16(11-26-18)12-5-4-8-14(9-12)23(24)25/h1-11H,(H2,19,21). The summed E-state index contributed by atoms with van der Waals surface area (Å²) < 4.78 is 1.71. The van der Waals surface area contributed by atoms with Crippen molar-refractivity contribution in [3.8, 4) is 27.5 Å². The van der Waals surface area contributed by atoms with Crippen molar-refractivity contribution in [2.45, 2.75) is 0 Å². The van der Waals surface area contributed by atoms with Gasteiger partial charge in [-0.3, -0.25) is 10.1 Å². The molecule has 128 valence electrons. The molecule has 0 atom stereocenters. The molecule has 0 saturated heterocycles. The predicted molar refractivity (Wildman–Crippen MR) is 101 cm³/mol. The largest absolute Gasteiger partial charge is 0.382 e. The molecule has 0 unspecified atom stereocenters. The summed E-state index contributed by atoms with van der Waals surface area (Å²) in [5.41, 5.74) is 9.10. The number of nitrogen functional groups attached to an aromatic ring is 1. The van der Waals surface area contributed by atoms with Gasteiger partial charge in [0.2, 0.25) is 0 Å². The zero-order chi connectivity index (χ0) is 18.1. The molecule has 4 aromatic rings. The van der Waals surface area contributed by atoms with Crippen molar-refractivity contribution in [3.63, 3.8) is 0 Å². The fourth-order valence-electron chi connectivity index (χ4n) is 2.57. The van der Waals surface area contributed by atoms with Gasteiger partial charge in [0.25, 0.3) is 5.69 Å². The minimum Gasteiger partial charge on any atom is -0.382 e. The monoisotopic (exact) mass is 363 g/mol. The summed E-state index contributed by atoms with van der Waals surface area (Å²) in [6, 6.07) is 16.1. The summed E-state index contributed by atoms with van der Waals surface area (Å²) in [6.07, 6.45) is 1.83. The van der Waals surface area contributed by atoms with Crippen LogP contribution in [-0.4, -0.2) is 19.7 Å². The van der Waals surface area contributed by atoms with Gasteiger partial charge in [-0.2, -0.15) is 0 Å². The van der Waals surface area contributed by atoms with Crippen molar-refractivity contribution in [2.24, 2.45) is 0 Å². The van der Waals surface area contributed by atoms with Crippen molar-refractivity contribution in [2.75, 3.05) is 5.73 Å². The molecule has 8 heteroatoms. The Hall–Kier alpha value is -3.52. The smallest absolute Gasteiger partial charge is 0.270 e. The van der Waals surface area contributed by atoms with E-state index in [1.54, 1.807) is 16.8 Å². The Bertz CT molecular complexity index is 1090. The minimum absolute atomic E-state index is 0.0356. The van der Waals surface area contributed by atoms with Gasteiger partial charge in [-0.1, -0.05) is 30.3 Å². The molecule has 0 aliphatic rings. The minimum atomic E-state index is -0.418. The van der Waals surface area contributed by atoms with Crippen LogP contribution in [0.2, 0.25) is 0 Å². The molecule has 2 heterocycles. The van der Waals surface area contributed by atoms with E-state index < -0.39 is 4.92 Å². The van der Waals surface area contributed by atoms with E-state index >= 15 is 0 Å². The van der Waals surface area contributed by atoms with Gasteiger partial charge in [-0.25, -0.2) is 9.67 Å². The second kappa shape index (κ2) is 6.41. The number of thiazole rings is 1. The van der Waals surface area contributed by atoms with Gasteiger partial charge in [-0.15, -0.1) is 16.4 Å². The number of para-hydroxylation sites is 1. The highest BCUT2D eigenvalue weighted by atomic mass is 32.1. The summed E-state index contributed by atoms with van der Waals surface area (Å²) in [6.45, 7) is 0. The van der Waals surface area contributed by atoms with Crippen molar-refractivity contribution < 1.29 is 4.92 Å². The molecular formula is C18H13N5O2S. The number of nitrogens with zero attached hydrogens (tertiary/aromatic N) is 4. The topological polar surface area (TPSA) is 99.9 Å². The molecule has 4 rings (SSSR count). The summed E-state index contributed by atoms with van der Waals surface area (Å²) >= 11 is 1.42. The number of aromatic nitrogens is 3. The Kier molecular flexibility index (Phi) is 3.94. The van der Waals surface area contributed by atoms with Gasteiger partial charge < -0.3 is 5.73 Å². The average Bonchev–Trinajstić information content (AvgIpc) is 3.29. The molecule has 0 amide bonds. The van der Waals surface area contributed by atoms with E-state index in [0.717, 1.165) is 11.3 Å². The molecule has 0 spiro atoms. The van der Waals surface area contributed by atoms with E-state index in [9.17, 15) is 10.1 Å². The lowest BCUT2D eigenvalue weighted by atomic mass is 10.1. The maximum atomic E-state index is 11.0. The fraction of sp³-hybridized carbons (Fsp3) is 0. The second-order valence-corrected chi connectivity index (χ2v) is 6.41. The van der Waals surface area contributed by atoms with Crippen LogP contribution in [0.25, 0.3) is 27.5 Å². The number of hydrogen-bond donors (Lipinski definition) is 1. The zero-order valence-corrected chi connectivity index (χ0v) is 14.3. The first-order valence-electron chi connectivity index (χ1n) is 7.73. The van der Waals surface area contributed by atoms with Gasteiger partial charge in [0.1, 0.15) is 5.01 Å². The first-order chi connectivity index (χ1) is 12.6. The van der Waals surface area contributed by atoms with Gasteiger partial charge in [0, 0.05) is 29.3 Å². The van der Waals surface area contributed by atoms with Crippen LogP contribution in [0.15, 0.2) is 66.2 Å². The van der Waals surface area contributed by atoms with E-state index in [4.69, 9.17) is 5.73 Å². The zero-order valence-electron chi connectivity index (χ0n) is 13.4. The van der Waals surface area contributed by atoms with Gasteiger partial charge in [-0.05, 0) is 12.1 Å². The normalized spacial score (nSPS) is 10.8. The summed E-state index contributed by atoms with van der Waals surface area (Å²) in [4.78, 5) is 15.1. The van der Waals surface area contributed by atoms with Crippen LogP contribution in [0.5, 0.6) is 0 Å². The number of hydrogen-bond acceptors (Lipinski definition) is 6. The van der Waals surface area contributed by atoms with Crippen LogP contribution in [0.3, 0.4) is 0 Å². The second-order valence-electron chi connectivity index (χ2n) is 5.55. The van der Waals surface area contributed by atoms with Crippen LogP contribution in [0, 0.1) is 10.1 Å². The third-order valence-corrected chi connectivity index (χ3v) is 4.73. The number of nitro benzene ring substituents is 1. The van der Waals surface area contributed by atoms with Crippen LogP contribution in [0.1, 0.15) is 0 Å². The van der Waals surface area contributed by atoms with Crippen LogP contribution in [-0.2, 0) is 0 Å². The average molecular weight is 363 g/mol. The van der Waals surface area contributed by atoms with Crippen LogP contribution in [0.4, 0.5) is 11.5 Å². The van der Waals surface area contributed by atoms with E-state index in [-0.39, 0.29) is 5.69 Å². The molecule has 7 nitrogen and oxygen atoms in total. The van der Waals surface area contributed by atoms with Crippen molar-refractivity contribution in [1.29, 1.82) is 0 Å². The quantitative estimate of drug-likeness (QED) is 0.433. The molecule has 0 saturated carbocycles. The van der Waals surface area contributed by atoms with E-state index in [1.165, 1.54) is 23.5 Å². The first kappa shape index (κ1) is 16.0. The highest BCUT2D eigenvalue weighted by Crippen LogP contribution is 2.33. The fourth-order valence-corrected chi connectivity index (χ4v) is 3.42. The molecule has 0 bridgehead atoms. The number of benzene rings is 2. The summed E-state index contributed by atoms with van der Waals surface area (Å²) in [5, 5.41) is 17.9. The molecule has 2 N–H and O–H groups in total. The molecular weight excluding hydrogens is 350 g/mol. The lowest BCUT2D eigenvalue weighted by Crippen LogP contribution is -1.95. The van der Waals surface area contributed by atoms with Crippen molar-refractivity contribution in [3.05, 3.63) is 76.3 Å². The van der Waals surface area contributed by atoms with Crippen molar-refractivity contribution in [1.82, 2.24) is 14.8 Å². The van der Waals surface area contributed by atoms with Crippen molar-refractivity contribution >= 4 is 22.8 Å². The van der Waals surface area contributed by atoms with Gasteiger partial charge >= 0.3 is 0 Å². The number of nitrogens with two attached hydrogens (primary N) is 1. The first-order valence-corrected chi connectivity index (χ1v) is 8.61. The number of rotatable bonds is 4. The SMILES string of the molecule is Nc1nn(-c2ccccc2)cc1-c1nc(-c2cccc([N+](=O)[O-])c2)cs1. The number of anilines is 1.